The van der Waals surface area contributed by atoms with E-state index in [0.29, 0.717) is 18.4 Å². The number of fused-ring (bicyclic) bond motifs is 1. The van der Waals surface area contributed by atoms with Gasteiger partial charge >= 0.3 is 0 Å². The van der Waals surface area contributed by atoms with Gasteiger partial charge in [-0.1, -0.05) is 12.1 Å². The van der Waals surface area contributed by atoms with Crippen molar-refractivity contribution in [3.8, 4) is 0 Å². The molecule has 1 saturated heterocycles. The van der Waals surface area contributed by atoms with Crippen LogP contribution in [0.5, 0.6) is 0 Å². The van der Waals surface area contributed by atoms with Gasteiger partial charge in [0.05, 0.1) is 5.69 Å². The van der Waals surface area contributed by atoms with Gasteiger partial charge in [0.15, 0.2) is 5.96 Å². The topological polar surface area (TPSA) is 77.5 Å². The Hall–Kier alpha value is -2.34. The molecule has 27 heavy (non-hydrogen) atoms. The summed E-state index contributed by atoms with van der Waals surface area (Å²) in [4.78, 5) is 4.64. The second-order valence-corrected chi connectivity index (χ2v) is 7.41. The Morgan fingerprint density at radius 3 is 3.11 bits per heavy atom. The highest BCUT2D eigenvalue weighted by Gasteiger charge is 2.31. The summed E-state index contributed by atoms with van der Waals surface area (Å²) in [6, 6.07) is 8.48. The molecule has 4 rings (SSSR count). The minimum absolute atomic E-state index is 0.0495. The minimum Gasteiger partial charge on any atom is -0.372 e. The fraction of sp³-hybridized carbons (Fsp3) is 0.524. The van der Waals surface area contributed by atoms with Crippen LogP contribution in [0.15, 0.2) is 35.5 Å². The summed E-state index contributed by atoms with van der Waals surface area (Å²) >= 11 is 0. The van der Waals surface area contributed by atoms with Crippen molar-refractivity contribution in [2.24, 2.45) is 16.6 Å². The normalized spacial score (nSPS) is 22.6. The molecule has 0 saturated carbocycles. The van der Waals surface area contributed by atoms with Crippen LogP contribution >= 0.6 is 0 Å². The molecule has 2 atom stereocenters. The first-order chi connectivity index (χ1) is 13.3. The van der Waals surface area contributed by atoms with Gasteiger partial charge in [-0.25, -0.2) is 0 Å². The molecule has 2 aromatic rings. The van der Waals surface area contributed by atoms with Crippen LogP contribution in [0, 0.1) is 5.92 Å². The third-order valence-electron chi connectivity index (χ3n) is 5.71. The summed E-state index contributed by atoms with van der Waals surface area (Å²) in [7, 11) is 0. The third kappa shape index (κ3) is 3.86. The second kappa shape index (κ2) is 8.13. The van der Waals surface area contributed by atoms with E-state index in [1.807, 2.05) is 16.9 Å². The number of guanidine groups is 1. The summed E-state index contributed by atoms with van der Waals surface area (Å²) in [5, 5.41) is 7.71. The smallest absolute Gasteiger partial charge is 0.193 e. The highest BCUT2D eigenvalue weighted by atomic mass is 16.5. The molecular formula is C21H29N5O. The Labute approximate surface area is 160 Å². The van der Waals surface area contributed by atoms with Crippen LogP contribution < -0.4 is 11.1 Å². The number of anilines is 1. The monoisotopic (exact) mass is 367 g/mol. The van der Waals surface area contributed by atoms with Gasteiger partial charge in [0, 0.05) is 37.5 Å². The Morgan fingerprint density at radius 2 is 2.22 bits per heavy atom. The third-order valence-corrected chi connectivity index (χ3v) is 5.71. The van der Waals surface area contributed by atoms with E-state index in [4.69, 9.17) is 10.5 Å². The van der Waals surface area contributed by atoms with Crippen molar-refractivity contribution in [1.82, 2.24) is 9.78 Å². The summed E-state index contributed by atoms with van der Waals surface area (Å²) < 4.78 is 7.99. The SMILES string of the molecule is CCn1nccc1[C@@H]1OCC[C@H]1CN=C(N)Nc1cccc2c1CCCC2. The van der Waals surface area contributed by atoms with E-state index in [1.165, 1.54) is 24.0 Å². The number of nitrogens with one attached hydrogen (secondary N) is 1. The lowest BCUT2D eigenvalue weighted by Gasteiger charge is -2.20. The first-order valence-corrected chi connectivity index (χ1v) is 10.1. The molecule has 2 aliphatic rings. The molecule has 1 aromatic heterocycles. The number of aliphatic imine (C=N–C) groups is 1. The van der Waals surface area contributed by atoms with Crippen LogP contribution in [-0.2, 0) is 24.1 Å². The number of ether oxygens (including phenoxy) is 1. The number of hydrogen-bond acceptors (Lipinski definition) is 3. The fourth-order valence-corrected chi connectivity index (χ4v) is 4.29. The van der Waals surface area contributed by atoms with Crippen molar-refractivity contribution >= 4 is 11.6 Å². The maximum Gasteiger partial charge on any atom is 0.193 e. The number of aromatic nitrogens is 2. The summed E-state index contributed by atoms with van der Waals surface area (Å²) in [6.07, 6.45) is 7.69. The average molecular weight is 367 g/mol. The molecule has 6 heteroatoms. The zero-order valence-corrected chi connectivity index (χ0v) is 16.0. The van der Waals surface area contributed by atoms with Gasteiger partial charge in [0.1, 0.15) is 6.10 Å². The van der Waals surface area contributed by atoms with E-state index in [0.717, 1.165) is 43.8 Å². The van der Waals surface area contributed by atoms with Crippen LogP contribution in [-0.4, -0.2) is 28.9 Å². The van der Waals surface area contributed by atoms with Crippen molar-refractivity contribution in [3.05, 3.63) is 47.3 Å². The van der Waals surface area contributed by atoms with Crippen molar-refractivity contribution in [2.45, 2.75) is 51.7 Å². The lowest BCUT2D eigenvalue weighted by atomic mass is 9.90. The van der Waals surface area contributed by atoms with E-state index in [9.17, 15) is 0 Å². The Morgan fingerprint density at radius 1 is 1.33 bits per heavy atom. The zero-order valence-electron chi connectivity index (χ0n) is 16.0. The molecule has 1 aromatic carbocycles. The first kappa shape index (κ1) is 18.0. The molecule has 144 valence electrons. The lowest BCUT2D eigenvalue weighted by molar-refractivity contribution is 0.0851. The highest BCUT2D eigenvalue weighted by Crippen LogP contribution is 2.34. The quantitative estimate of drug-likeness (QED) is 0.628. The molecule has 0 unspecified atom stereocenters. The zero-order chi connectivity index (χ0) is 18.6. The summed E-state index contributed by atoms with van der Waals surface area (Å²) in [5.41, 5.74) is 11.3. The van der Waals surface area contributed by atoms with Gasteiger partial charge in [-0.15, -0.1) is 0 Å². The van der Waals surface area contributed by atoms with Crippen molar-refractivity contribution in [3.63, 3.8) is 0 Å². The molecule has 0 spiro atoms. The lowest BCUT2D eigenvalue weighted by Crippen LogP contribution is -2.25. The number of benzene rings is 1. The molecule has 2 heterocycles. The predicted octanol–water partition coefficient (Wildman–Crippen LogP) is 3.29. The molecule has 1 fully saturated rings. The van der Waals surface area contributed by atoms with Crippen molar-refractivity contribution in [2.75, 3.05) is 18.5 Å². The number of hydrogen-bond donors (Lipinski definition) is 2. The molecule has 1 aliphatic heterocycles. The van der Waals surface area contributed by atoms with Gasteiger partial charge in [-0.2, -0.15) is 5.10 Å². The van der Waals surface area contributed by atoms with Crippen molar-refractivity contribution < 1.29 is 4.74 Å². The van der Waals surface area contributed by atoms with Crippen LogP contribution in [0.2, 0.25) is 0 Å². The van der Waals surface area contributed by atoms with Gasteiger partial charge in [-0.3, -0.25) is 9.67 Å². The molecule has 0 bridgehead atoms. The molecule has 1 aliphatic carbocycles. The van der Waals surface area contributed by atoms with Gasteiger partial charge < -0.3 is 15.8 Å². The van der Waals surface area contributed by atoms with Gasteiger partial charge in [-0.05, 0) is 62.3 Å². The second-order valence-electron chi connectivity index (χ2n) is 7.41. The van der Waals surface area contributed by atoms with E-state index >= 15 is 0 Å². The standard InChI is InChI=1S/C21H29N5O/c1-2-26-19(10-12-24-26)20-16(11-13-27-20)14-23-21(22)25-18-9-5-7-15-6-3-4-8-17(15)18/h5,7,9-10,12,16,20H,2-4,6,8,11,13-14H2,1H3,(H3,22,23,25)/t16-,20+/m0/s1. The molecular weight excluding hydrogens is 338 g/mol. The summed E-state index contributed by atoms with van der Waals surface area (Å²) in [5.74, 6) is 0.820. The minimum atomic E-state index is 0.0495. The van der Waals surface area contributed by atoms with Gasteiger partial charge in [0.25, 0.3) is 0 Å². The van der Waals surface area contributed by atoms with E-state index in [-0.39, 0.29) is 6.10 Å². The van der Waals surface area contributed by atoms with Crippen LogP contribution in [0.4, 0.5) is 5.69 Å². The Balaban J connectivity index is 1.43. The maximum atomic E-state index is 6.22. The fourth-order valence-electron chi connectivity index (χ4n) is 4.29. The molecule has 0 amide bonds. The van der Waals surface area contributed by atoms with Crippen LogP contribution in [0.25, 0.3) is 0 Å². The molecule has 6 nitrogen and oxygen atoms in total. The van der Waals surface area contributed by atoms with Crippen LogP contribution in [0.3, 0.4) is 0 Å². The number of aryl methyl sites for hydroxylation is 2. The number of rotatable bonds is 5. The highest BCUT2D eigenvalue weighted by molar-refractivity contribution is 5.93. The average Bonchev–Trinajstić information content (AvgIpc) is 3.35. The number of nitrogens with two attached hydrogens (primary N) is 1. The van der Waals surface area contributed by atoms with E-state index in [1.54, 1.807) is 0 Å². The van der Waals surface area contributed by atoms with Crippen molar-refractivity contribution in [1.29, 1.82) is 0 Å². The Bertz CT molecular complexity index is 813. The predicted molar refractivity (Wildman–Crippen MR) is 108 cm³/mol. The molecule has 0 radical (unpaired) electrons. The summed E-state index contributed by atoms with van der Waals surface area (Å²) in [6.45, 7) is 4.37. The van der Waals surface area contributed by atoms with E-state index < -0.39 is 0 Å². The first-order valence-electron chi connectivity index (χ1n) is 10.1. The Kier molecular flexibility index (Phi) is 5.43. The number of nitrogens with zero attached hydrogens (tertiary/aromatic N) is 3. The van der Waals surface area contributed by atoms with Gasteiger partial charge in [0.2, 0.25) is 0 Å². The maximum absolute atomic E-state index is 6.22. The largest absolute Gasteiger partial charge is 0.372 e. The molecule has 3 N–H and O–H groups in total. The van der Waals surface area contributed by atoms with Crippen LogP contribution in [0.1, 0.15) is 49.1 Å². The van der Waals surface area contributed by atoms with E-state index in [2.05, 4.69) is 40.5 Å².